The molecule has 0 aliphatic carbocycles. The van der Waals surface area contributed by atoms with Crippen LogP contribution in [-0.2, 0) is 30.3 Å². The second kappa shape index (κ2) is 12.2. The Morgan fingerprint density at radius 1 is 0.972 bits per heavy atom. The molecule has 2 amide bonds. The summed E-state index contributed by atoms with van der Waals surface area (Å²) in [6.07, 6.45) is -2.29. The number of amides is 2. The number of carboxylic acid groups (broad SMARTS) is 1. The predicted octanol–water partition coefficient (Wildman–Crippen LogP) is 3.83. The van der Waals surface area contributed by atoms with Crippen molar-refractivity contribution in [2.45, 2.75) is 70.6 Å². The van der Waals surface area contributed by atoms with E-state index in [1.54, 1.807) is 27.7 Å². The minimum atomic E-state index is -2.38. The smallest absolute Gasteiger partial charge is 0.409 e. The SMILES string of the molecule is CCC[C@](NC(=O)OC(C)(C)C)(C(=O)O)C(=O)O[C@H](CC(N)=O)Cc1ccc(-c2ccccc2)cc1. The zero-order chi connectivity index (χ0) is 26.9. The first kappa shape index (κ1) is 28.4. The van der Waals surface area contributed by atoms with Gasteiger partial charge in [-0.25, -0.2) is 14.4 Å². The summed E-state index contributed by atoms with van der Waals surface area (Å²) in [5, 5.41) is 12.1. The Morgan fingerprint density at radius 2 is 1.56 bits per heavy atom. The van der Waals surface area contributed by atoms with Gasteiger partial charge < -0.3 is 20.3 Å². The number of alkyl carbamates (subject to hydrolysis) is 1. The lowest BCUT2D eigenvalue weighted by Crippen LogP contribution is -2.62. The number of hydrogen-bond acceptors (Lipinski definition) is 6. The minimum Gasteiger partial charge on any atom is -0.479 e. The number of carbonyl (C=O) groups excluding carboxylic acids is 3. The second-order valence-electron chi connectivity index (χ2n) is 9.55. The maximum atomic E-state index is 13.2. The number of carbonyl (C=O) groups is 4. The molecule has 0 unspecified atom stereocenters. The topological polar surface area (TPSA) is 145 Å². The van der Waals surface area contributed by atoms with E-state index in [1.807, 2.05) is 54.6 Å². The van der Waals surface area contributed by atoms with Crippen LogP contribution in [0.15, 0.2) is 54.6 Å². The van der Waals surface area contributed by atoms with Crippen molar-refractivity contribution in [1.82, 2.24) is 5.32 Å². The summed E-state index contributed by atoms with van der Waals surface area (Å²) in [5.74, 6) is -3.51. The molecule has 9 heteroatoms. The number of ether oxygens (including phenoxy) is 2. The fourth-order valence-corrected chi connectivity index (χ4v) is 3.67. The maximum absolute atomic E-state index is 13.2. The van der Waals surface area contributed by atoms with Gasteiger partial charge in [-0.2, -0.15) is 0 Å². The third-order valence-electron chi connectivity index (χ3n) is 5.28. The molecular weight excluding hydrogens is 464 g/mol. The summed E-state index contributed by atoms with van der Waals surface area (Å²) in [4.78, 5) is 49.5. The van der Waals surface area contributed by atoms with Gasteiger partial charge >= 0.3 is 18.0 Å². The molecule has 2 aromatic carbocycles. The van der Waals surface area contributed by atoms with Crippen molar-refractivity contribution in [3.8, 4) is 11.1 Å². The summed E-state index contributed by atoms with van der Waals surface area (Å²) >= 11 is 0. The van der Waals surface area contributed by atoms with Crippen molar-refractivity contribution in [1.29, 1.82) is 0 Å². The van der Waals surface area contributed by atoms with Crippen LogP contribution in [0.2, 0.25) is 0 Å². The summed E-state index contributed by atoms with van der Waals surface area (Å²) in [7, 11) is 0. The van der Waals surface area contributed by atoms with Crippen molar-refractivity contribution in [3.63, 3.8) is 0 Å². The summed E-state index contributed by atoms with van der Waals surface area (Å²) in [6, 6.07) is 17.2. The number of carboxylic acids is 1. The molecule has 2 atom stereocenters. The molecule has 2 aromatic rings. The molecule has 0 aliphatic heterocycles. The van der Waals surface area contributed by atoms with Crippen LogP contribution in [0, 0.1) is 0 Å². The number of esters is 1. The van der Waals surface area contributed by atoms with Crippen molar-refractivity contribution < 1.29 is 33.8 Å². The normalized spacial score (nSPS) is 13.7. The highest BCUT2D eigenvalue weighted by atomic mass is 16.6. The van der Waals surface area contributed by atoms with Crippen molar-refractivity contribution in [2.24, 2.45) is 5.73 Å². The van der Waals surface area contributed by atoms with E-state index in [2.05, 4.69) is 5.32 Å². The number of nitrogens with one attached hydrogen (secondary N) is 1. The van der Waals surface area contributed by atoms with Gasteiger partial charge in [0, 0.05) is 6.42 Å². The highest BCUT2D eigenvalue weighted by molar-refractivity contribution is 6.06. The van der Waals surface area contributed by atoms with Crippen molar-refractivity contribution >= 4 is 23.9 Å². The van der Waals surface area contributed by atoms with Gasteiger partial charge in [0.15, 0.2) is 0 Å². The molecule has 0 fully saturated rings. The molecule has 0 aromatic heterocycles. The van der Waals surface area contributed by atoms with Crippen LogP contribution in [0.5, 0.6) is 0 Å². The number of benzene rings is 2. The molecule has 36 heavy (non-hydrogen) atoms. The molecule has 0 saturated heterocycles. The molecular formula is C27H34N2O7. The van der Waals surface area contributed by atoms with Gasteiger partial charge in [0.05, 0.1) is 6.42 Å². The zero-order valence-electron chi connectivity index (χ0n) is 21.1. The maximum Gasteiger partial charge on any atom is 0.409 e. The van der Waals surface area contributed by atoms with Gasteiger partial charge in [-0.3, -0.25) is 10.1 Å². The number of aliphatic carboxylic acids is 1. The molecule has 4 N–H and O–H groups in total. The monoisotopic (exact) mass is 498 g/mol. The Balaban J connectivity index is 2.26. The van der Waals surface area contributed by atoms with Gasteiger partial charge in [-0.15, -0.1) is 0 Å². The van der Waals surface area contributed by atoms with Crippen LogP contribution < -0.4 is 11.1 Å². The summed E-state index contributed by atoms with van der Waals surface area (Å²) in [6.45, 7) is 6.49. The van der Waals surface area contributed by atoms with Crippen LogP contribution in [0.4, 0.5) is 4.79 Å². The first-order valence-corrected chi connectivity index (χ1v) is 11.7. The van der Waals surface area contributed by atoms with Crippen molar-refractivity contribution in [3.05, 3.63) is 60.2 Å². The van der Waals surface area contributed by atoms with Gasteiger partial charge in [0.25, 0.3) is 0 Å². The van der Waals surface area contributed by atoms with E-state index < -0.39 is 41.2 Å². The largest absolute Gasteiger partial charge is 0.479 e. The lowest BCUT2D eigenvalue weighted by Gasteiger charge is -2.31. The first-order valence-electron chi connectivity index (χ1n) is 11.7. The molecule has 2 rings (SSSR count). The fraction of sp³-hybridized carbons (Fsp3) is 0.407. The Morgan fingerprint density at radius 3 is 2.06 bits per heavy atom. The van der Waals surface area contributed by atoms with E-state index in [1.165, 1.54) is 0 Å². The van der Waals surface area contributed by atoms with Gasteiger partial charge in [-0.1, -0.05) is 67.9 Å². The second-order valence-corrected chi connectivity index (χ2v) is 9.55. The van der Waals surface area contributed by atoms with E-state index in [4.69, 9.17) is 15.2 Å². The Kier molecular flexibility index (Phi) is 9.60. The van der Waals surface area contributed by atoms with Crippen LogP contribution in [0.1, 0.15) is 52.5 Å². The molecule has 9 nitrogen and oxygen atoms in total. The van der Waals surface area contributed by atoms with E-state index in [0.717, 1.165) is 16.7 Å². The Labute approximate surface area is 211 Å². The van der Waals surface area contributed by atoms with E-state index in [-0.39, 0.29) is 25.7 Å². The molecule has 0 spiro atoms. The zero-order valence-corrected chi connectivity index (χ0v) is 21.1. The standard InChI is InChI=1S/C27H34N2O7/c1-5-15-27(23(31)32,29-25(34)36-26(2,3)4)24(33)35-21(17-22(28)30)16-18-11-13-20(14-12-18)19-9-7-6-8-10-19/h6-14,21H,5,15-17H2,1-4H3,(H2,28,30)(H,29,34)(H,31,32)/t21-,27-/m0/s1. The van der Waals surface area contributed by atoms with Gasteiger partial charge in [0.2, 0.25) is 11.4 Å². The van der Waals surface area contributed by atoms with Crippen LogP contribution in [-0.4, -0.2) is 46.3 Å². The fourth-order valence-electron chi connectivity index (χ4n) is 3.67. The Bertz CT molecular complexity index is 1060. The average Bonchev–Trinajstić information content (AvgIpc) is 2.78. The predicted molar refractivity (Wildman–Crippen MR) is 134 cm³/mol. The molecule has 0 aliphatic rings. The number of nitrogens with two attached hydrogens (primary N) is 1. The molecule has 194 valence electrons. The lowest BCUT2D eigenvalue weighted by molar-refractivity contribution is -0.167. The van der Waals surface area contributed by atoms with Gasteiger partial charge in [0.1, 0.15) is 11.7 Å². The number of hydrogen-bond donors (Lipinski definition) is 3. The molecule has 0 bridgehead atoms. The molecule has 0 saturated carbocycles. The van der Waals surface area contributed by atoms with Crippen LogP contribution >= 0.6 is 0 Å². The molecule has 0 radical (unpaired) electrons. The highest BCUT2D eigenvalue weighted by Gasteiger charge is 2.50. The van der Waals surface area contributed by atoms with E-state index >= 15 is 0 Å². The highest BCUT2D eigenvalue weighted by Crippen LogP contribution is 2.23. The van der Waals surface area contributed by atoms with E-state index in [0.29, 0.717) is 0 Å². The summed E-state index contributed by atoms with van der Waals surface area (Å²) < 4.78 is 10.7. The molecule has 0 heterocycles. The van der Waals surface area contributed by atoms with Crippen molar-refractivity contribution in [2.75, 3.05) is 0 Å². The minimum absolute atomic E-state index is 0.123. The van der Waals surface area contributed by atoms with Crippen LogP contribution in [0.25, 0.3) is 11.1 Å². The number of rotatable bonds is 11. The van der Waals surface area contributed by atoms with Crippen LogP contribution in [0.3, 0.4) is 0 Å². The third-order valence-corrected chi connectivity index (χ3v) is 5.28. The third kappa shape index (κ3) is 8.11. The Hall–Kier alpha value is -3.88. The average molecular weight is 499 g/mol. The lowest BCUT2D eigenvalue weighted by atomic mass is 9.93. The quantitative estimate of drug-likeness (QED) is 0.315. The number of primary amides is 1. The van der Waals surface area contributed by atoms with E-state index in [9.17, 15) is 24.3 Å². The first-order chi connectivity index (χ1) is 16.9. The summed E-state index contributed by atoms with van der Waals surface area (Å²) in [5.41, 5.74) is 4.84. The van der Waals surface area contributed by atoms with Gasteiger partial charge in [-0.05, 0) is 43.9 Å².